The first-order valence-corrected chi connectivity index (χ1v) is 9.13. The summed E-state index contributed by atoms with van der Waals surface area (Å²) in [7, 11) is 0. The molecule has 1 heterocycles. The predicted octanol–water partition coefficient (Wildman–Crippen LogP) is 1.61. The van der Waals surface area contributed by atoms with Crippen molar-refractivity contribution in [3.8, 4) is 5.69 Å². The number of benzene rings is 1. The Labute approximate surface area is 158 Å². The van der Waals surface area contributed by atoms with Gasteiger partial charge in [-0.2, -0.15) is 0 Å². The summed E-state index contributed by atoms with van der Waals surface area (Å²) in [4.78, 5) is 29.1. The van der Waals surface area contributed by atoms with Gasteiger partial charge in [0.2, 0.25) is 0 Å². The fourth-order valence-electron chi connectivity index (χ4n) is 3.40. The maximum Gasteiger partial charge on any atom is 0.317 e. The van der Waals surface area contributed by atoms with Crippen molar-refractivity contribution in [2.75, 3.05) is 13.1 Å². The highest BCUT2D eigenvalue weighted by Gasteiger charge is 2.34. The van der Waals surface area contributed by atoms with Crippen molar-refractivity contribution < 1.29 is 14.7 Å². The monoisotopic (exact) mass is 371 g/mol. The third-order valence-electron chi connectivity index (χ3n) is 4.92. The lowest BCUT2D eigenvalue weighted by Crippen LogP contribution is -2.56. The lowest BCUT2D eigenvalue weighted by atomic mass is 9.85. The van der Waals surface area contributed by atoms with Gasteiger partial charge in [0.25, 0.3) is 0 Å². The zero-order valence-corrected chi connectivity index (χ0v) is 15.3. The first-order valence-electron chi connectivity index (χ1n) is 9.13. The van der Waals surface area contributed by atoms with Gasteiger partial charge in [0, 0.05) is 31.0 Å². The van der Waals surface area contributed by atoms with E-state index >= 15 is 0 Å². The van der Waals surface area contributed by atoms with Gasteiger partial charge in [0.15, 0.2) is 0 Å². The number of likely N-dealkylation sites (N-methyl/N-ethyl adjacent to an activating group) is 1. The van der Waals surface area contributed by atoms with Crippen LogP contribution in [0.15, 0.2) is 43.0 Å². The molecule has 3 rings (SSSR count). The molecule has 0 radical (unpaired) electrons. The van der Waals surface area contributed by atoms with Gasteiger partial charge in [0.05, 0.1) is 18.6 Å². The molecule has 1 saturated carbocycles. The van der Waals surface area contributed by atoms with Crippen LogP contribution in [-0.2, 0) is 11.3 Å². The van der Waals surface area contributed by atoms with Gasteiger partial charge in [-0.15, -0.1) is 0 Å². The second-order valence-corrected chi connectivity index (χ2v) is 6.70. The Balaban J connectivity index is 1.46. The molecule has 1 fully saturated rings. The normalized spacial score (nSPS) is 18.7. The molecule has 1 aliphatic carbocycles. The Morgan fingerprint density at radius 2 is 2.11 bits per heavy atom. The minimum absolute atomic E-state index is 0.0467. The summed E-state index contributed by atoms with van der Waals surface area (Å²) >= 11 is 0. The van der Waals surface area contributed by atoms with Gasteiger partial charge < -0.3 is 20.3 Å². The molecule has 3 N–H and O–H groups in total. The van der Waals surface area contributed by atoms with Crippen LogP contribution in [0.4, 0.5) is 4.79 Å². The lowest BCUT2D eigenvalue weighted by molar-refractivity contribution is -0.139. The van der Waals surface area contributed by atoms with E-state index in [-0.39, 0.29) is 24.7 Å². The van der Waals surface area contributed by atoms with Crippen molar-refractivity contribution in [1.82, 2.24) is 25.1 Å². The zero-order valence-electron chi connectivity index (χ0n) is 15.3. The number of aliphatic carboxylic acids is 1. The smallest absolute Gasteiger partial charge is 0.317 e. The van der Waals surface area contributed by atoms with Gasteiger partial charge in [-0.25, -0.2) is 9.78 Å². The highest BCUT2D eigenvalue weighted by atomic mass is 16.4. The maximum absolute atomic E-state index is 12.2. The van der Waals surface area contributed by atoms with Crippen LogP contribution in [0.2, 0.25) is 0 Å². The summed E-state index contributed by atoms with van der Waals surface area (Å²) in [5.41, 5.74) is 1.97. The first kappa shape index (κ1) is 18.9. The van der Waals surface area contributed by atoms with E-state index in [1.807, 2.05) is 46.9 Å². The Morgan fingerprint density at radius 3 is 2.78 bits per heavy atom. The van der Waals surface area contributed by atoms with E-state index in [0.717, 1.165) is 24.1 Å². The van der Waals surface area contributed by atoms with Crippen LogP contribution in [-0.4, -0.2) is 56.7 Å². The molecule has 0 atom stereocenters. The first-order chi connectivity index (χ1) is 13.1. The number of nitrogens with zero attached hydrogens (tertiary/aromatic N) is 3. The Kier molecular flexibility index (Phi) is 6.08. The Hall–Kier alpha value is -2.87. The molecule has 27 heavy (non-hydrogen) atoms. The Morgan fingerprint density at radius 1 is 1.33 bits per heavy atom. The Bertz CT molecular complexity index is 771. The highest BCUT2D eigenvalue weighted by molar-refractivity contribution is 5.74. The second kappa shape index (κ2) is 8.68. The van der Waals surface area contributed by atoms with E-state index in [1.54, 1.807) is 12.5 Å². The highest BCUT2D eigenvalue weighted by Crippen LogP contribution is 2.25. The average Bonchev–Trinajstić information content (AvgIpc) is 3.15. The van der Waals surface area contributed by atoms with Crippen molar-refractivity contribution in [2.24, 2.45) is 0 Å². The molecule has 0 bridgehead atoms. The van der Waals surface area contributed by atoms with Crippen molar-refractivity contribution in [3.63, 3.8) is 0 Å². The van der Waals surface area contributed by atoms with Crippen molar-refractivity contribution in [1.29, 1.82) is 0 Å². The van der Waals surface area contributed by atoms with Gasteiger partial charge in [0.1, 0.15) is 0 Å². The number of nitrogens with one attached hydrogen (secondary N) is 2. The van der Waals surface area contributed by atoms with E-state index in [4.69, 9.17) is 5.11 Å². The molecule has 0 unspecified atom stereocenters. The predicted molar refractivity (Wildman–Crippen MR) is 101 cm³/mol. The van der Waals surface area contributed by atoms with Crippen LogP contribution in [0.25, 0.3) is 5.69 Å². The van der Waals surface area contributed by atoms with E-state index < -0.39 is 5.97 Å². The fraction of sp³-hybridized carbons (Fsp3) is 0.421. The third kappa shape index (κ3) is 4.85. The van der Waals surface area contributed by atoms with Crippen molar-refractivity contribution in [3.05, 3.63) is 48.5 Å². The molecule has 0 saturated heterocycles. The molecule has 144 valence electrons. The molecule has 0 aliphatic heterocycles. The molecule has 1 aromatic carbocycles. The van der Waals surface area contributed by atoms with E-state index in [2.05, 4.69) is 15.6 Å². The molecule has 2 amide bonds. The summed E-state index contributed by atoms with van der Waals surface area (Å²) in [6.45, 7) is 3.11. The molecular weight excluding hydrogens is 346 g/mol. The molecule has 1 aliphatic rings. The number of imidazole rings is 1. The SMILES string of the molecule is CCN(CC(=O)O)C1CC(NC(=O)NCc2ccccc2-n2ccnc2)C1. The number of aromatic nitrogens is 2. The molecule has 1 aromatic heterocycles. The fourth-order valence-corrected chi connectivity index (χ4v) is 3.40. The summed E-state index contributed by atoms with van der Waals surface area (Å²) in [5, 5.41) is 14.8. The maximum atomic E-state index is 12.2. The molecule has 8 heteroatoms. The third-order valence-corrected chi connectivity index (χ3v) is 4.92. The van der Waals surface area contributed by atoms with Gasteiger partial charge in [-0.3, -0.25) is 9.69 Å². The standard InChI is InChI=1S/C19H25N5O3/c1-2-23(12-18(25)26)16-9-15(10-16)22-19(27)21-11-14-5-3-4-6-17(14)24-8-7-20-13-24/h3-8,13,15-16H,2,9-12H2,1H3,(H,25,26)(H2,21,22,27). The number of hydrogen-bond acceptors (Lipinski definition) is 4. The van der Waals surface area contributed by atoms with Crippen LogP contribution >= 0.6 is 0 Å². The average molecular weight is 371 g/mol. The number of hydrogen-bond donors (Lipinski definition) is 3. The second-order valence-electron chi connectivity index (χ2n) is 6.70. The van der Waals surface area contributed by atoms with Gasteiger partial charge in [-0.1, -0.05) is 25.1 Å². The van der Waals surface area contributed by atoms with Crippen LogP contribution in [0, 0.1) is 0 Å². The topological polar surface area (TPSA) is 99.5 Å². The number of carbonyl (C=O) groups is 2. The minimum atomic E-state index is -0.817. The van der Waals surface area contributed by atoms with E-state index in [9.17, 15) is 9.59 Å². The minimum Gasteiger partial charge on any atom is -0.480 e. The number of carbonyl (C=O) groups excluding carboxylic acids is 1. The van der Waals surface area contributed by atoms with Crippen LogP contribution < -0.4 is 10.6 Å². The number of amides is 2. The summed E-state index contributed by atoms with van der Waals surface area (Å²) in [6.07, 6.45) is 6.86. The molecule has 2 aromatic rings. The summed E-state index contributed by atoms with van der Waals surface area (Å²) in [6, 6.07) is 7.94. The number of para-hydroxylation sites is 1. The lowest BCUT2D eigenvalue weighted by Gasteiger charge is -2.42. The largest absolute Gasteiger partial charge is 0.480 e. The van der Waals surface area contributed by atoms with Crippen LogP contribution in [0.5, 0.6) is 0 Å². The van der Waals surface area contributed by atoms with Crippen LogP contribution in [0.1, 0.15) is 25.3 Å². The molecular formula is C19H25N5O3. The zero-order chi connectivity index (χ0) is 19.2. The van der Waals surface area contributed by atoms with E-state index in [1.165, 1.54) is 0 Å². The molecule has 8 nitrogen and oxygen atoms in total. The van der Waals surface area contributed by atoms with Gasteiger partial charge >= 0.3 is 12.0 Å². The quantitative estimate of drug-likeness (QED) is 0.655. The number of rotatable bonds is 8. The van der Waals surface area contributed by atoms with E-state index in [0.29, 0.717) is 13.1 Å². The van der Waals surface area contributed by atoms with Crippen LogP contribution in [0.3, 0.4) is 0 Å². The number of carboxylic acid groups (broad SMARTS) is 1. The number of urea groups is 1. The summed E-state index contributed by atoms with van der Waals surface area (Å²) in [5.74, 6) is -0.817. The number of carboxylic acids is 1. The van der Waals surface area contributed by atoms with Crippen molar-refractivity contribution in [2.45, 2.75) is 38.4 Å². The summed E-state index contributed by atoms with van der Waals surface area (Å²) < 4.78 is 1.91. The van der Waals surface area contributed by atoms with Crippen molar-refractivity contribution >= 4 is 12.0 Å². The van der Waals surface area contributed by atoms with Gasteiger partial charge in [-0.05, 0) is 31.0 Å². The molecule has 0 spiro atoms.